The van der Waals surface area contributed by atoms with E-state index in [4.69, 9.17) is 4.99 Å². The number of halogens is 1. The summed E-state index contributed by atoms with van der Waals surface area (Å²) in [4.78, 5) is 9.34. The van der Waals surface area contributed by atoms with Crippen LogP contribution in [0.2, 0.25) is 0 Å². The fourth-order valence-electron chi connectivity index (χ4n) is 3.21. The minimum atomic E-state index is 0.416. The molecule has 25 heavy (non-hydrogen) atoms. The fourth-order valence-corrected chi connectivity index (χ4v) is 3.62. The molecule has 4 nitrogen and oxygen atoms in total. The standard InChI is InChI=1S/C20H27BrN4/c1-5-13(2)12-22-20-23-14(3)8-19(25(20)4)24-18-10-15-6-7-17(21)9-16(15)11-18/h6-9,13,18,24H,5,10-12H2,1-4H3. The summed E-state index contributed by atoms with van der Waals surface area (Å²) >= 11 is 3.57. The molecule has 3 rings (SSSR count). The molecule has 1 aromatic heterocycles. The molecule has 2 unspecified atom stereocenters. The largest absolute Gasteiger partial charge is 0.368 e. The molecular weight excluding hydrogens is 376 g/mol. The van der Waals surface area contributed by atoms with Gasteiger partial charge in [-0.3, -0.25) is 4.99 Å². The van der Waals surface area contributed by atoms with Gasteiger partial charge in [0.25, 0.3) is 0 Å². The second-order valence-electron chi connectivity index (χ2n) is 7.16. The maximum absolute atomic E-state index is 4.73. The van der Waals surface area contributed by atoms with Crippen molar-refractivity contribution in [3.8, 4) is 0 Å². The Morgan fingerprint density at radius 3 is 2.84 bits per heavy atom. The third-order valence-electron chi connectivity index (χ3n) is 4.98. The van der Waals surface area contributed by atoms with Crippen molar-refractivity contribution in [3.05, 3.63) is 51.2 Å². The highest BCUT2D eigenvalue weighted by molar-refractivity contribution is 9.10. The summed E-state index contributed by atoms with van der Waals surface area (Å²) in [5.41, 5.74) is 4.68. The molecule has 2 atom stereocenters. The predicted octanol–water partition coefficient (Wildman–Crippen LogP) is 4.02. The Labute approximate surface area is 158 Å². The Bertz CT molecular complexity index is 825. The average Bonchev–Trinajstić information content (AvgIpc) is 2.97. The van der Waals surface area contributed by atoms with E-state index in [1.54, 1.807) is 0 Å². The fraction of sp³-hybridized carbons (Fsp3) is 0.500. The van der Waals surface area contributed by atoms with Gasteiger partial charge in [0, 0.05) is 35.9 Å². The third-order valence-corrected chi connectivity index (χ3v) is 5.47. The van der Waals surface area contributed by atoms with Crippen molar-refractivity contribution in [2.24, 2.45) is 18.0 Å². The lowest BCUT2D eigenvalue weighted by Gasteiger charge is -2.17. The molecule has 134 valence electrons. The topological polar surface area (TPSA) is 42.2 Å². The Morgan fingerprint density at radius 2 is 2.08 bits per heavy atom. The molecule has 0 saturated heterocycles. The predicted molar refractivity (Wildman–Crippen MR) is 107 cm³/mol. The number of aryl methyl sites for hydroxylation is 1. The minimum absolute atomic E-state index is 0.416. The minimum Gasteiger partial charge on any atom is -0.368 e. The molecule has 1 aliphatic rings. The molecule has 0 fully saturated rings. The van der Waals surface area contributed by atoms with Gasteiger partial charge in [-0.1, -0.05) is 42.3 Å². The van der Waals surface area contributed by atoms with Gasteiger partial charge in [-0.05, 0) is 48.9 Å². The first-order chi connectivity index (χ1) is 12.0. The molecule has 2 aromatic rings. The highest BCUT2D eigenvalue weighted by Gasteiger charge is 2.22. The van der Waals surface area contributed by atoms with E-state index in [-0.39, 0.29) is 0 Å². The Kier molecular flexibility index (Phi) is 5.62. The van der Waals surface area contributed by atoms with Crippen molar-refractivity contribution in [1.82, 2.24) is 9.55 Å². The quantitative estimate of drug-likeness (QED) is 0.820. The number of benzene rings is 1. The third kappa shape index (κ3) is 4.32. The molecule has 0 aliphatic heterocycles. The number of anilines is 1. The van der Waals surface area contributed by atoms with Crippen molar-refractivity contribution in [1.29, 1.82) is 0 Å². The molecule has 0 amide bonds. The van der Waals surface area contributed by atoms with E-state index in [2.05, 4.69) is 68.9 Å². The summed E-state index contributed by atoms with van der Waals surface area (Å²) in [6.45, 7) is 7.29. The molecule has 0 bridgehead atoms. The van der Waals surface area contributed by atoms with Crippen molar-refractivity contribution >= 4 is 21.7 Å². The summed E-state index contributed by atoms with van der Waals surface area (Å²) in [6, 6.07) is 9.12. The Hall–Kier alpha value is -1.62. The molecule has 0 spiro atoms. The number of nitrogens with zero attached hydrogens (tertiary/aromatic N) is 3. The van der Waals surface area contributed by atoms with E-state index in [1.807, 2.05) is 14.0 Å². The van der Waals surface area contributed by atoms with Gasteiger partial charge in [-0.15, -0.1) is 0 Å². The summed E-state index contributed by atoms with van der Waals surface area (Å²) in [6.07, 6.45) is 3.25. The molecule has 0 saturated carbocycles. The van der Waals surface area contributed by atoms with E-state index in [9.17, 15) is 0 Å². The van der Waals surface area contributed by atoms with E-state index < -0.39 is 0 Å². The second-order valence-corrected chi connectivity index (χ2v) is 8.07. The van der Waals surface area contributed by atoms with Crippen LogP contribution in [0.1, 0.15) is 37.1 Å². The summed E-state index contributed by atoms with van der Waals surface area (Å²) in [5, 5.41) is 3.71. The molecule has 0 radical (unpaired) electrons. The lowest BCUT2D eigenvalue weighted by Crippen LogP contribution is -2.30. The van der Waals surface area contributed by atoms with Crippen molar-refractivity contribution in [3.63, 3.8) is 0 Å². The zero-order valence-corrected chi connectivity index (χ0v) is 17.1. The number of fused-ring (bicyclic) bond motifs is 1. The van der Waals surface area contributed by atoms with Crippen LogP contribution in [-0.4, -0.2) is 22.1 Å². The van der Waals surface area contributed by atoms with Crippen LogP contribution in [0.4, 0.5) is 5.82 Å². The van der Waals surface area contributed by atoms with E-state index >= 15 is 0 Å². The van der Waals surface area contributed by atoms with Gasteiger partial charge < -0.3 is 9.88 Å². The number of rotatable bonds is 5. The number of aromatic nitrogens is 2. The van der Waals surface area contributed by atoms with Gasteiger partial charge in [-0.2, -0.15) is 0 Å². The van der Waals surface area contributed by atoms with Crippen LogP contribution < -0.4 is 10.9 Å². The van der Waals surface area contributed by atoms with Crippen LogP contribution in [0.3, 0.4) is 0 Å². The van der Waals surface area contributed by atoms with Crippen LogP contribution >= 0.6 is 15.9 Å². The number of nitrogens with one attached hydrogen (secondary N) is 1. The molecule has 5 heteroatoms. The summed E-state index contributed by atoms with van der Waals surface area (Å²) in [5.74, 6) is 1.67. The van der Waals surface area contributed by atoms with Gasteiger partial charge >= 0.3 is 0 Å². The molecule has 1 aliphatic carbocycles. The first-order valence-corrected chi connectivity index (χ1v) is 9.84. The van der Waals surface area contributed by atoms with Gasteiger partial charge in [-0.25, -0.2) is 4.98 Å². The first-order valence-electron chi connectivity index (χ1n) is 9.05. The van der Waals surface area contributed by atoms with Crippen LogP contribution in [0, 0.1) is 12.8 Å². The van der Waals surface area contributed by atoms with Crippen molar-refractivity contribution in [2.45, 2.75) is 46.1 Å². The normalized spacial score (nSPS) is 18.3. The summed E-state index contributed by atoms with van der Waals surface area (Å²) < 4.78 is 3.23. The van der Waals surface area contributed by atoms with E-state index in [0.717, 1.165) is 47.4 Å². The van der Waals surface area contributed by atoms with Gasteiger partial charge in [0.2, 0.25) is 5.62 Å². The highest BCUT2D eigenvalue weighted by Crippen LogP contribution is 2.27. The van der Waals surface area contributed by atoms with Crippen LogP contribution in [0.15, 0.2) is 33.7 Å². The van der Waals surface area contributed by atoms with Crippen LogP contribution in [0.5, 0.6) is 0 Å². The maximum atomic E-state index is 4.73. The lowest BCUT2D eigenvalue weighted by molar-refractivity contribution is 0.560. The van der Waals surface area contributed by atoms with Crippen LogP contribution in [0.25, 0.3) is 0 Å². The monoisotopic (exact) mass is 402 g/mol. The van der Waals surface area contributed by atoms with Gasteiger partial charge in [0.05, 0.1) is 0 Å². The van der Waals surface area contributed by atoms with E-state index in [0.29, 0.717) is 12.0 Å². The molecular formula is C20H27BrN4. The average molecular weight is 403 g/mol. The van der Waals surface area contributed by atoms with E-state index in [1.165, 1.54) is 11.1 Å². The van der Waals surface area contributed by atoms with Crippen molar-refractivity contribution in [2.75, 3.05) is 11.9 Å². The first kappa shape index (κ1) is 18.2. The molecule has 1 N–H and O–H groups in total. The van der Waals surface area contributed by atoms with Crippen LogP contribution in [-0.2, 0) is 19.9 Å². The molecule has 1 heterocycles. The summed E-state index contributed by atoms with van der Waals surface area (Å²) in [7, 11) is 2.04. The Morgan fingerprint density at radius 1 is 1.32 bits per heavy atom. The number of hydrogen-bond acceptors (Lipinski definition) is 3. The zero-order chi connectivity index (χ0) is 18.0. The lowest BCUT2D eigenvalue weighted by atomic mass is 10.1. The Balaban J connectivity index is 1.81. The smallest absolute Gasteiger partial charge is 0.226 e. The van der Waals surface area contributed by atoms with Crippen molar-refractivity contribution < 1.29 is 0 Å². The maximum Gasteiger partial charge on any atom is 0.226 e. The SMILES string of the molecule is CCC(C)CN=c1nc(C)cc(NC2Cc3ccc(Br)cc3C2)n1C. The van der Waals surface area contributed by atoms with Gasteiger partial charge in [0.15, 0.2) is 0 Å². The zero-order valence-electron chi connectivity index (χ0n) is 15.5. The highest BCUT2D eigenvalue weighted by atomic mass is 79.9. The number of hydrogen-bond donors (Lipinski definition) is 1. The second kappa shape index (κ2) is 7.73. The van der Waals surface area contributed by atoms with Gasteiger partial charge in [0.1, 0.15) is 5.82 Å². The molecule has 1 aromatic carbocycles.